The number of hydrogen-bond acceptors (Lipinski definition) is 8. The molecule has 24 heavy (non-hydrogen) atoms. The lowest BCUT2D eigenvalue weighted by Crippen LogP contribution is -2.26. The molecule has 1 atom stereocenters. The fourth-order valence-electron chi connectivity index (χ4n) is 2.36. The van der Waals surface area contributed by atoms with Crippen molar-refractivity contribution in [2.75, 3.05) is 25.3 Å². The molecule has 0 saturated heterocycles. The maximum Gasteiger partial charge on any atom is 0.231 e. The molecule has 8 heteroatoms. The van der Waals surface area contributed by atoms with E-state index in [1.165, 1.54) is 6.33 Å². The van der Waals surface area contributed by atoms with Crippen LogP contribution in [0.25, 0.3) is 10.2 Å². The Bertz CT molecular complexity index is 854. The van der Waals surface area contributed by atoms with E-state index in [-0.39, 0.29) is 13.4 Å². The highest BCUT2D eigenvalue weighted by molar-refractivity contribution is 7.16. The number of benzene rings is 1. The van der Waals surface area contributed by atoms with Gasteiger partial charge in [0, 0.05) is 12.6 Å². The molecule has 124 valence electrons. The van der Waals surface area contributed by atoms with Crippen molar-refractivity contribution in [3.63, 3.8) is 0 Å². The number of aliphatic hydroxyl groups is 1. The van der Waals surface area contributed by atoms with Crippen molar-refractivity contribution in [3.05, 3.63) is 36.0 Å². The van der Waals surface area contributed by atoms with Gasteiger partial charge < -0.3 is 24.6 Å². The first kappa shape index (κ1) is 15.0. The lowest BCUT2D eigenvalue weighted by Gasteiger charge is -2.14. The van der Waals surface area contributed by atoms with Gasteiger partial charge in [-0.2, -0.15) is 0 Å². The molecule has 0 aliphatic carbocycles. The fraction of sp³-hybridized carbons (Fsp3) is 0.250. The quantitative estimate of drug-likeness (QED) is 0.709. The summed E-state index contributed by atoms with van der Waals surface area (Å²) in [6.07, 6.45) is 0.829. The van der Waals surface area contributed by atoms with E-state index in [2.05, 4.69) is 15.3 Å². The summed E-state index contributed by atoms with van der Waals surface area (Å²) in [5, 5.41) is 16.1. The predicted octanol–water partition coefficient (Wildman–Crippen LogP) is 2.27. The second kappa shape index (κ2) is 6.50. The van der Waals surface area contributed by atoms with Crippen LogP contribution < -0.4 is 19.5 Å². The van der Waals surface area contributed by atoms with Crippen LogP contribution in [0.2, 0.25) is 0 Å². The van der Waals surface area contributed by atoms with E-state index >= 15 is 0 Å². The molecular formula is C16H15N3O4S. The predicted molar refractivity (Wildman–Crippen MR) is 90.0 cm³/mol. The average molecular weight is 345 g/mol. The van der Waals surface area contributed by atoms with E-state index < -0.39 is 6.10 Å². The Morgan fingerprint density at radius 3 is 3.12 bits per heavy atom. The monoisotopic (exact) mass is 345 g/mol. The Morgan fingerprint density at radius 2 is 2.17 bits per heavy atom. The molecular weight excluding hydrogens is 330 g/mol. The molecule has 1 unspecified atom stereocenters. The van der Waals surface area contributed by atoms with E-state index in [9.17, 15) is 5.11 Å². The minimum Gasteiger partial charge on any atom is -0.491 e. The summed E-state index contributed by atoms with van der Waals surface area (Å²) >= 11 is 1.55. The molecule has 3 heterocycles. The minimum atomic E-state index is -0.681. The summed E-state index contributed by atoms with van der Waals surface area (Å²) in [6, 6.07) is 7.28. The number of fused-ring (bicyclic) bond motifs is 2. The molecule has 0 bridgehead atoms. The molecule has 1 aliphatic rings. The third-order valence-corrected chi connectivity index (χ3v) is 4.37. The molecule has 2 aromatic heterocycles. The molecule has 4 rings (SSSR count). The van der Waals surface area contributed by atoms with E-state index in [0.717, 1.165) is 10.2 Å². The summed E-state index contributed by atoms with van der Waals surface area (Å²) in [7, 11) is 0. The Balaban J connectivity index is 1.32. The van der Waals surface area contributed by atoms with Gasteiger partial charge >= 0.3 is 0 Å². The van der Waals surface area contributed by atoms with Crippen LogP contribution in [0.4, 0.5) is 5.82 Å². The molecule has 0 spiro atoms. The third kappa shape index (κ3) is 3.06. The zero-order valence-electron chi connectivity index (χ0n) is 12.6. The zero-order chi connectivity index (χ0) is 16.4. The lowest BCUT2D eigenvalue weighted by atomic mass is 10.3. The number of rotatable bonds is 6. The van der Waals surface area contributed by atoms with E-state index in [1.54, 1.807) is 29.5 Å². The molecule has 2 N–H and O–H groups in total. The Hall–Kier alpha value is -2.58. The van der Waals surface area contributed by atoms with Gasteiger partial charge in [-0.15, -0.1) is 11.3 Å². The minimum absolute atomic E-state index is 0.157. The van der Waals surface area contributed by atoms with Crippen LogP contribution in [-0.2, 0) is 0 Å². The van der Waals surface area contributed by atoms with Gasteiger partial charge in [-0.3, -0.25) is 0 Å². The van der Waals surface area contributed by atoms with Crippen molar-refractivity contribution < 1.29 is 19.3 Å². The summed E-state index contributed by atoms with van der Waals surface area (Å²) in [5.74, 6) is 2.69. The molecule has 1 aromatic carbocycles. The second-order valence-corrected chi connectivity index (χ2v) is 6.12. The molecule has 1 aliphatic heterocycles. The topological polar surface area (TPSA) is 85.7 Å². The van der Waals surface area contributed by atoms with Crippen LogP contribution in [0.15, 0.2) is 36.0 Å². The number of anilines is 1. The van der Waals surface area contributed by atoms with Crippen molar-refractivity contribution in [3.8, 4) is 17.2 Å². The molecule has 0 amide bonds. The summed E-state index contributed by atoms with van der Waals surface area (Å²) in [5.41, 5.74) is 0. The summed E-state index contributed by atoms with van der Waals surface area (Å²) in [4.78, 5) is 9.32. The normalized spacial score (nSPS) is 13.9. The molecule has 0 saturated carbocycles. The number of aromatic nitrogens is 2. The standard InChI is InChI=1S/C16H15N3O4S/c20-10(6-17-15-12-3-4-24-16(12)19-8-18-15)7-21-11-1-2-13-14(5-11)23-9-22-13/h1-5,8,10,20H,6-7,9H2,(H,17,18,19). The molecule has 0 radical (unpaired) electrons. The van der Waals surface area contributed by atoms with Crippen molar-refractivity contribution >= 4 is 27.4 Å². The molecule has 7 nitrogen and oxygen atoms in total. The SMILES string of the molecule is OC(CNc1ncnc2sccc12)COc1ccc2c(c1)OCO2. The first-order chi connectivity index (χ1) is 11.8. The van der Waals surface area contributed by atoms with Crippen LogP contribution in [0.5, 0.6) is 17.2 Å². The number of nitrogens with zero attached hydrogens (tertiary/aromatic N) is 2. The fourth-order valence-corrected chi connectivity index (χ4v) is 3.10. The third-order valence-electron chi connectivity index (χ3n) is 3.55. The highest BCUT2D eigenvalue weighted by atomic mass is 32.1. The Labute approximate surface area is 141 Å². The van der Waals surface area contributed by atoms with E-state index in [1.807, 2.05) is 11.4 Å². The highest BCUT2D eigenvalue weighted by Crippen LogP contribution is 2.35. The first-order valence-electron chi connectivity index (χ1n) is 7.42. The lowest BCUT2D eigenvalue weighted by molar-refractivity contribution is 0.117. The van der Waals surface area contributed by atoms with Crippen molar-refractivity contribution in [1.82, 2.24) is 9.97 Å². The van der Waals surface area contributed by atoms with Crippen molar-refractivity contribution in [1.29, 1.82) is 0 Å². The number of nitrogens with one attached hydrogen (secondary N) is 1. The van der Waals surface area contributed by atoms with Gasteiger partial charge in [0.2, 0.25) is 6.79 Å². The number of hydrogen-bond donors (Lipinski definition) is 2. The van der Waals surface area contributed by atoms with Crippen LogP contribution in [0.1, 0.15) is 0 Å². The molecule has 0 fully saturated rings. The van der Waals surface area contributed by atoms with Gasteiger partial charge in [-0.25, -0.2) is 9.97 Å². The largest absolute Gasteiger partial charge is 0.491 e. The van der Waals surface area contributed by atoms with Gasteiger partial charge in [-0.1, -0.05) is 0 Å². The summed E-state index contributed by atoms with van der Waals surface area (Å²) < 4.78 is 16.1. The van der Waals surface area contributed by atoms with Gasteiger partial charge in [0.1, 0.15) is 35.4 Å². The summed E-state index contributed by atoms with van der Waals surface area (Å²) in [6.45, 7) is 0.707. The smallest absolute Gasteiger partial charge is 0.231 e. The number of aliphatic hydroxyl groups excluding tert-OH is 1. The maximum absolute atomic E-state index is 10.1. The Kier molecular flexibility index (Phi) is 4.06. The van der Waals surface area contributed by atoms with Gasteiger partial charge in [-0.05, 0) is 23.6 Å². The first-order valence-corrected chi connectivity index (χ1v) is 8.30. The molecule has 3 aromatic rings. The van der Waals surface area contributed by atoms with E-state index in [4.69, 9.17) is 14.2 Å². The van der Waals surface area contributed by atoms with Crippen LogP contribution >= 0.6 is 11.3 Å². The van der Waals surface area contributed by atoms with Crippen LogP contribution in [0, 0.1) is 0 Å². The zero-order valence-corrected chi connectivity index (χ0v) is 13.5. The van der Waals surface area contributed by atoms with Crippen molar-refractivity contribution in [2.45, 2.75) is 6.10 Å². The Morgan fingerprint density at radius 1 is 1.25 bits per heavy atom. The number of thiophene rings is 1. The van der Waals surface area contributed by atoms with Crippen LogP contribution in [-0.4, -0.2) is 41.1 Å². The second-order valence-electron chi connectivity index (χ2n) is 5.22. The maximum atomic E-state index is 10.1. The van der Waals surface area contributed by atoms with Crippen LogP contribution in [0.3, 0.4) is 0 Å². The number of ether oxygens (including phenoxy) is 3. The average Bonchev–Trinajstić information content (AvgIpc) is 3.26. The van der Waals surface area contributed by atoms with Gasteiger partial charge in [0.15, 0.2) is 11.5 Å². The van der Waals surface area contributed by atoms with Gasteiger partial charge in [0.25, 0.3) is 0 Å². The highest BCUT2D eigenvalue weighted by Gasteiger charge is 2.14. The van der Waals surface area contributed by atoms with E-state index in [0.29, 0.717) is 29.6 Å². The van der Waals surface area contributed by atoms with Crippen molar-refractivity contribution in [2.24, 2.45) is 0 Å². The van der Waals surface area contributed by atoms with Gasteiger partial charge in [0.05, 0.1) is 5.39 Å².